The molecule has 2 aromatic heterocycles. The fourth-order valence-electron chi connectivity index (χ4n) is 1.16. The van der Waals surface area contributed by atoms with E-state index in [0.29, 0.717) is 10.6 Å². The van der Waals surface area contributed by atoms with Crippen molar-refractivity contribution in [2.45, 2.75) is 13.8 Å². The average molecular weight is 182 g/mol. The van der Waals surface area contributed by atoms with E-state index in [1.807, 2.05) is 19.9 Å². The molecule has 0 amide bonds. The maximum absolute atomic E-state index is 6.01. The Morgan fingerprint density at radius 3 is 2.92 bits per heavy atom. The fraction of sp³-hybridized carbons (Fsp3) is 0.222. The van der Waals surface area contributed by atoms with Crippen molar-refractivity contribution in [3.63, 3.8) is 0 Å². The highest BCUT2D eigenvalue weighted by Gasteiger charge is 2.07. The Morgan fingerprint density at radius 1 is 1.42 bits per heavy atom. The second-order valence-corrected chi connectivity index (χ2v) is 3.20. The van der Waals surface area contributed by atoms with Crippen LogP contribution in [0.2, 0.25) is 5.02 Å². The second kappa shape index (κ2) is 2.49. The molecule has 0 radical (unpaired) electrons. The van der Waals surface area contributed by atoms with Crippen molar-refractivity contribution in [2.75, 3.05) is 0 Å². The molecule has 62 valence electrons. The first-order valence-corrected chi connectivity index (χ1v) is 4.07. The molecule has 2 nitrogen and oxygen atoms in total. The number of rotatable bonds is 0. The normalized spacial score (nSPS) is 10.9. The third kappa shape index (κ3) is 0.994. The standard InChI is InChI=1S/C9H8ClNO/c1-5-4-11-7-3-6(2)12-9(7)8(5)10/h3-4H,1-2H3. The van der Waals surface area contributed by atoms with Gasteiger partial charge in [-0.2, -0.15) is 0 Å². The molecule has 0 atom stereocenters. The number of aryl methyl sites for hydroxylation is 2. The van der Waals surface area contributed by atoms with Gasteiger partial charge < -0.3 is 4.42 Å². The summed E-state index contributed by atoms with van der Waals surface area (Å²) in [5, 5.41) is 0.660. The molecule has 0 aliphatic heterocycles. The van der Waals surface area contributed by atoms with Crippen LogP contribution < -0.4 is 0 Å². The Labute approximate surface area is 75.2 Å². The van der Waals surface area contributed by atoms with Crippen molar-refractivity contribution in [3.8, 4) is 0 Å². The molecule has 0 aromatic carbocycles. The average Bonchev–Trinajstić information content (AvgIpc) is 2.39. The molecule has 2 rings (SSSR count). The Kier molecular flexibility index (Phi) is 1.58. The lowest BCUT2D eigenvalue weighted by Gasteiger charge is -1.95. The Morgan fingerprint density at radius 2 is 2.17 bits per heavy atom. The molecule has 0 bridgehead atoms. The van der Waals surface area contributed by atoms with E-state index in [9.17, 15) is 0 Å². The van der Waals surface area contributed by atoms with Crippen LogP contribution >= 0.6 is 11.6 Å². The van der Waals surface area contributed by atoms with Gasteiger partial charge in [0.25, 0.3) is 0 Å². The Balaban J connectivity index is 2.89. The first-order chi connectivity index (χ1) is 5.68. The zero-order chi connectivity index (χ0) is 8.72. The zero-order valence-electron chi connectivity index (χ0n) is 6.89. The van der Waals surface area contributed by atoms with Crippen molar-refractivity contribution in [3.05, 3.63) is 28.6 Å². The van der Waals surface area contributed by atoms with Crippen LogP contribution in [-0.4, -0.2) is 4.98 Å². The molecule has 3 heteroatoms. The first-order valence-electron chi connectivity index (χ1n) is 3.70. The Hall–Kier alpha value is -1.02. The molecule has 0 aliphatic carbocycles. The van der Waals surface area contributed by atoms with Gasteiger partial charge in [0.1, 0.15) is 11.3 Å². The topological polar surface area (TPSA) is 26.0 Å². The summed E-state index contributed by atoms with van der Waals surface area (Å²) in [4.78, 5) is 4.18. The van der Waals surface area contributed by atoms with E-state index in [2.05, 4.69) is 4.98 Å². The van der Waals surface area contributed by atoms with E-state index in [4.69, 9.17) is 16.0 Å². The van der Waals surface area contributed by atoms with Crippen LogP contribution in [0.25, 0.3) is 11.1 Å². The quantitative estimate of drug-likeness (QED) is 0.624. The van der Waals surface area contributed by atoms with Gasteiger partial charge in [0, 0.05) is 12.3 Å². The number of hydrogen-bond donors (Lipinski definition) is 0. The van der Waals surface area contributed by atoms with Crippen LogP contribution in [0.1, 0.15) is 11.3 Å². The van der Waals surface area contributed by atoms with Crippen LogP contribution in [0.4, 0.5) is 0 Å². The summed E-state index contributed by atoms with van der Waals surface area (Å²) < 4.78 is 5.39. The lowest BCUT2D eigenvalue weighted by atomic mass is 10.3. The number of halogens is 1. The van der Waals surface area contributed by atoms with Gasteiger partial charge in [0.2, 0.25) is 0 Å². The molecule has 2 heterocycles. The van der Waals surface area contributed by atoms with Gasteiger partial charge in [-0.15, -0.1) is 0 Å². The molecule has 0 spiro atoms. The predicted octanol–water partition coefficient (Wildman–Crippen LogP) is 3.10. The molecule has 0 aliphatic rings. The summed E-state index contributed by atoms with van der Waals surface area (Å²) >= 11 is 6.01. The SMILES string of the molecule is Cc1cc2ncc(C)c(Cl)c2o1. The second-order valence-electron chi connectivity index (χ2n) is 2.83. The van der Waals surface area contributed by atoms with Gasteiger partial charge in [-0.1, -0.05) is 11.6 Å². The summed E-state index contributed by atoms with van der Waals surface area (Å²) in [6, 6.07) is 1.88. The van der Waals surface area contributed by atoms with Crippen molar-refractivity contribution in [1.82, 2.24) is 4.98 Å². The fourth-order valence-corrected chi connectivity index (χ4v) is 1.34. The van der Waals surface area contributed by atoms with E-state index in [1.165, 1.54) is 0 Å². The molecule has 0 unspecified atom stereocenters. The van der Waals surface area contributed by atoms with Gasteiger partial charge in [-0.3, -0.25) is 4.98 Å². The number of pyridine rings is 1. The van der Waals surface area contributed by atoms with Crippen LogP contribution in [0.15, 0.2) is 16.7 Å². The summed E-state index contributed by atoms with van der Waals surface area (Å²) in [6.45, 7) is 3.79. The molecule has 0 saturated carbocycles. The smallest absolute Gasteiger partial charge is 0.171 e. The molecular formula is C9H8ClNO. The van der Waals surface area contributed by atoms with Crippen molar-refractivity contribution >= 4 is 22.7 Å². The zero-order valence-corrected chi connectivity index (χ0v) is 7.64. The van der Waals surface area contributed by atoms with Crippen LogP contribution in [0.3, 0.4) is 0 Å². The lowest BCUT2D eigenvalue weighted by molar-refractivity contribution is 0.578. The highest BCUT2D eigenvalue weighted by Crippen LogP contribution is 2.27. The first kappa shape index (κ1) is 7.62. The van der Waals surface area contributed by atoms with Gasteiger partial charge >= 0.3 is 0 Å². The number of furan rings is 1. The van der Waals surface area contributed by atoms with Crippen molar-refractivity contribution < 1.29 is 4.42 Å². The highest BCUT2D eigenvalue weighted by atomic mass is 35.5. The van der Waals surface area contributed by atoms with Gasteiger partial charge in [-0.05, 0) is 19.4 Å². The minimum atomic E-state index is 0.660. The van der Waals surface area contributed by atoms with E-state index in [1.54, 1.807) is 6.20 Å². The maximum Gasteiger partial charge on any atom is 0.171 e. The molecule has 0 saturated heterocycles. The largest absolute Gasteiger partial charge is 0.458 e. The lowest BCUT2D eigenvalue weighted by Crippen LogP contribution is -1.78. The minimum absolute atomic E-state index is 0.660. The third-order valence-corrected chi connectivity index (χ3v) is 2.25. The van der Waals surface area contributed by atoms with Crippen LogP contribution in [0.5, 0.6) is 0 Å². The molecule has 12 heavy (non-hydrogen) atoms. The van der Waals surface area contributed by atoms with Crippen LogP contribution in [0, 0.1) is 13.8 Å². The van der Waals surface area contributed by atoms with Gasteiger partial charge in [0.05, 0.1) is 5.02 Å². The van der Waals surface area contributed by atoms with Crippen molar-refractivity contribution in [1.29, 1.82) is 0 Å². The molecule has 0 fully saturated rings. The van der Waals surface area contributed by atoms with E-state index < -0.39 is 0 Å². The minimum Gasteiger partial charge on any atom is -0.458 e. The monoisotopic (exact) mass is 181 g/mol. The van der Waals surface area contributed by atoms with Gasteiger partial charge in [-0.25, -0.2) is 0 Å². The summed E-state index contributed by atoms with van der Waals surface area (Å²) in [7, 11) is 0. The third-order valence-electron chi connectivity index (χ3n) is 1.78. The number of aromatic nitrogens is 1. The van der Waals surface area contributed by atoms with Crippen molar-refractivity contribution in [2.24, 2.45) is 0 Å². The molecular weight excluding hydrogens is 174 g/mol. The molecule has 0 N–H and O–H groups in total. The maximum atomic E-state index is 6.01. The Bertz CT molecular complexity index is 433. The number of hydrogen-bond acceptors (Lipinski definition) is 2. The predicted molar refractivity (Wildman–Crippen MR) is 48.5 cm³/mol. The number of fused-ring (bicyclic) bond motifs is 1. The summed E-state index contributed by atoms with van der Waals surface area (Å²) in [5.41, 5.74) is 2.45. The highest BCUT2D eigenvalue weighted by molar-refractivity contribution is 6.35. The van der Waals surface area contributed by atoms with Crippen LogP contribution in [-0.2, 0) is 0 Å². The van der Waals surface area contributed by atoms with Gasteiger partial charge in [0.15, 0.2) is 5.58 Å². The molecule has 2 aromatic rings. The summed E-state index contributed by atoms with van der Waals surface area (Å²) in [6.07, 6.45) is 1.75. The summed E-state index contributed by atoms with van der Waals surface area (Å²) in [5.74, 6) is 0.838. The van der Waals surface area contributed by atoms with E-state index in [0.717, 1.165) is 16.8 Å². The van der Waals surface area contributed by atoms with E-state index in [-0.39, 0.29) is 0 Å². The number of nitrogens with zero attached hydrogens (tertiary/aromatic N) is 1. The van der Waals surface area contributed by atoms with E-state index >= 15 is 0 Å².